The van der Waals surface area contributed by atoms with Crippen LogP contribution < -0.4 is 0 Å². The van der Waals surface area contributed by atoms with Gasteiger partial charge in [0.2, 0.25) is 0 Å². The fourth-order valence-corrected chi connectivity index (χ4v) is 7.37. The highest BCUT2D eigenvalue weighted by atomic mass is 19.4. The van der Waals surface area contributed by atoms with Crippen LogP contribution in [0.3, 0.4) is 0 Å². The highest BCUT2D eigenvalue weighted by molar-refractivity contribution is 5.38. The Morgan fingerprint density at radius 3 is 2.29 bits per heavy atom. The molecule has 0 aromatic rings. The average molecular weight is 607 g/mol. The zero-order chi connectivity index (χ0) is 31.7. The average Bonchev–Trinajstić information content (AvgIpc) is 3.19. The number of aliphatic hydroxyl groups excluding tert-OH is 2. The van der Waals surface area contributed by atoms with Gasteiger partial charge in [-0.25, -0.2) is 0 Å². The van der Waals surface area contributed by atoms with Gasteiger partial charge in [-0.1, -0.05) is 43.6 Å². The molecule has 0 aromatic heterocycles. The molecule has 3 rings (SSSR count). The van der Waals surface area contributed by atoms with Gasteiger partial charge in [0.1, 0.15) is 0 Å². The molecular formula is C32H44F6O4. The summed E-state index contributed by atoms with van der Waals surface area (Å²) < 4.78 is 79.3. The van der Waals surface area contributed by atoms with Crippen LogP contribution >= 0.6 is 0 Å². The first-order valence-electron chi connectivity index (χ1n) is 14.7. The number of halogens is 6. The van der Waals surface area contributed by atoms with Crippen molar-refractivity contribution in [2.24, 2.45) is 23.2 Å². The predicted octanol–water partition coefficient (Wildman–Crippen LogP) is 6.93. The Kier molecular flexibility index (Phi) is 10.5. The first-order valence-corrected chi connectivity index (χ1v) is 14.7. The van der Waals surface area contributed by atoms with Gasteiger partial charge < -0.3 is 20.4 Å². The topological polar surface area (TPSA) is 80.9 Å². The van der Waals surface area contributed by atoms with Gasteiger partial charge >= 0.3 is 18.0 Å². The molecule has 0 unspecified atom stereocenters. The maximum absolute atomic E-state index is 13.2. The second-order valence-electron chi connectivity index (χ2n) is 13.3. The molecule has 0 saturated heterocycles. The van der Waals surface area contributed by atoms with Crippen molar-refractivity contribution in [2.45, 2.75) is 127 Å². The van der Waals surface area contributed by atoms with Crippen LogP contribution in [0.4, 0.5) is 26.3 Å². The van der Waals surface area contributed by atoms with E-state index in [9.17, 15) is 46.8 Å². The molecule has 3 aliphatic carbocycles. The molecule has 3 aliphatic rings. The third-order valence-corrected chi connectivity index (χ3v) is 9.69. The molecule has 0 aliphatic heterocycles. The zero-order valence-corrected chi connectivity index (χ0v) is 24.6. The lowest BCUT2D eigenvalue weighted by atomic mass is 9.60. The van der Waals surface area contributed by atoms with Crippen molar-refractivity contribution >= 4 is 0 Å². The van der Waals surface area contributed by atoms with Crippen LogP contribution in [-0.2, 0) is 0 Å². The van der Waals surface area contributed by atoms with E-state index in [0.29, 0.717) is 31.3 Å². The van der Waals surface area contributed by atoms with E-state index in [4.69, 9.17) is 0 Å². The van der Waals surface area contributed by atoms with Gasteiger partial charge in [-0.05, 0) is 105 Å². The van der Waals surface area contributed by atoms with Crippen LogP contribution in [0.25, 0.3) is 0 Å². The minimum atomic E-state index is -5.99. The van der Waals surface area contributed by atoms with Crippen molar-refractivity contribution in [3.05, 3.63) is 35.5 Å². The van der Waals surface area contributed by atoms with Crippen LogP contribution in [-0.4, -0.2) is 56.2 Å². The van der Waals surface area contributed by atoms with Crippen LogP contribution in [0.2, 0.25) is 0 Å². The summed E-state index contributed by atoms with van der Waals surface area (Å²) in [6.07, 6.45) is -3.56. The monoisotopic (exact) mass is 606 g/mol. The van der Waals surface area contributed by atoms with Crippen molar-refractivity contribution in [1.82, 2.24) is 0 Å². The highest BCUT2D eigenvalue weighted by Crippen LogP contribution is 2.60. The fraction of sp³-hybridized carbons (Fsp3) is 0.750. The van der Waals surface area contributed by atoms with E-state index in [-0.39, 0.29) is 36.0 Å². The van der Waals surface area contributed by atoms with E-state index in [1.807, 2.05) is 12.2 Å². The first-order chi connectivity index (χ1) is 19.2. The summed E-state index contributed by atoms with van der Waals surface area (Å²) in [5, 5.41) is 40.0. The quantitative estimate of drug-likeness (QED) is 0.187. The molecule has 0 bridgehead atoms. The van der Waals surface area contributed by atoms with E-state index >= 15 is 0 Å². The van der Waals surface area contributed by atoms with E-state index < -0.39 is 35.8 Å². The van der Waals surface area contributed by atoms with Gasteiger partial charge in [0.05, 0.1) is 17.8 Å². The first kappa shape index (κ1) is 34.7. The van der Waals surface area contributed by atoms with Gasteiger partial charge in [0.25, 0.3) is 0 Å². The molecule has 0 aromatic carbocycles. The number of fused-ring (bicyclic) bond motifs is 1. The third-order valence-electron chi connectivity index (χ3n) is 9.69. The molecule has 6 atom stereocenters. The molecule has 10 heteroatoms. The largest absolute Gasteiger partial charge is 0.438 e. The van der Waals surface area contributed by atoms with Crippen LogP contribution in [0.5, 0.6) is 0 Å². The van der Waals surface area contributed by atoms with E-state index in [2.05, 4.69) is 19.4 Å². The number of aliphatic hydroxyl groups is 4. The Hall–Kier alpha value is -1.80. The number of allylic oxidation sites excluding steroid dienone is 3. The SMILES string of the molecule is C=C1/C(=C/C=C2/CCC[C@]3(C)[C@@H]([C@H](CC#CC(O)(C(F)(F)F)C(F)(F)F)CCCC(C)(C)O)CC[C@@H]23)C[C@@H](O)C[C@@H]1O. The molecule has 0 heterocycles. The van der Waals surface area contributed by atoms with Gasteiger partial charge in [-0.15, -0.1) is 0 Å². The van der Waals surface area contributed by atoms with Crippen LogP contribution in [0.1, 0.15) is 91.4 Å². The Labute approximate surface area is 244 Å². The van der Waals surface area contributed by atoms with Gasteiger partial charge in [-0.2, -0.15) is 26.3 Å². The number of alkyl halides is 6. The minimum absolute atomic E-state index is 0.0203. The van der Waals surface area contributed by atoms with E-state index in [1.54, 1.807) is 13.8 Å². The van der Waals surface area contributed by atoms with E-state index in [1.165, 1.54) is 5.57 Å². The van der Waals surface area contributed by atoms with E-state index in [0.717, 1.165) is 43.6 Å². The van der Waals surface area contributed by atoms with Crippen molar-refractivity contribution in [3.8, 4) is 11.8 Å². The Morgan fingerprint density at radius 2 is 1.69 bits per heavy atom. The molecular weight excluding hydrogens is 562 g/mol. The molecule has 42 heavy (non-hydrogen) atoms. The molecule has 0 amide bonds. The van der Waals surface area contributed by atoms with Gasteiger partial charge in [0.15, 0.2) is 0 Å². The summed E-state index contributed by atoms with van der Waals surface area (Å²) in [5.41, 5.74) is -3.75. The van der Waals surface area contributed by atoms with Crippen molar-refractivity contribution in [2.75, 3.05) is 0 Å². The fourth-order valence-electron chi connectivity index (χ4n) is 7.37. The number of hydrogen-bond donors (Lipinski definition) is 4. The maximum atomic E-state index is 13.2. The summed E-state index contributed by atoms with van der Waals surface area (Å²) in [4.78, 5) is 0. The third kappa shape index (κ3) is 7.64. The zero-order valence-electron chi connectivity index (χ0n) is 24.6. The lowest BCUT2D eigenvalue weighted by Gasteiger charge is -2.45. The van der Waals surface area contributed by atoms with Crippen molar-refractivity contribution in [3.63, 3.8) is 0 Å². The molecule has 0 spiro atoms. The second kappa shape index (κ2) is 12.7. The Morgan fingerprint density at radius 1 is 1.05 bits per heavy atom. The van der Waals surface area contributed by atoms with Crippen LogP contribution in [0, 0.1) is 35.0 Å². The summed E-state index contributed by atoms with van der Waals surface area (Å²) in [6, 6.07) is 0. The van der Waals surface area contributed by atoms with Crippen molar-refractivity contribution < 1.29 is 46.8 Å². The normalized spacial score (nSPS) is 32.1. The molecule has 3 fully saturated rings. The molecule has 4 N–H and O–H groups in total. The molecule has 238 valence electrons. The lowest BCUT2D eigenvalue weighted by Crippen LogP contribution is -2.55. The summed E-state index contributed by atoms with van der Waals surface area (Å²) in [6.45, 7) is 9.40. The summed E-state index contributed by atoms with van der Waals surface area (Å²) in [7, 11) is 0. The predicted molar refractivity (Wildman–Crippen MR) is 148 cm³/mol. The molecule has 3 saturated carbocycles. The summed E-state index contributed by atoms with van der Waals surface area (Å²) >= 11 is 0. The number of rotatable bonds is 7. The minimum Gasteiger partial charge on any atom is -0.393 e. The Balaban J connectivity index is 1.89. The standard InChI is InChI=1S/C32H44F6O4/c1-20-23(18-24(39)19-27(20)40)12-11-22-9-6-16-29(4)25(13-14-26(22)29)21(8-5-15-28(2,3)41)10-7-17-30(42,31(33,34)35)32(36,37)38/h11-12,21,24-27,39-42H,1,5-6,8-10,13-16,18-19H2,2-4H3/b22-11-,23-12+/t21-,24+,25+,26-,27-,29+/m0/s1. The van der Waals surface area contributed by atoms with Gasteiger partial charge in [0, 0.05) is 12.8 Å². The number of hydrogen-bond acceptors (Lipinski definition) is 4. The van der Waals surface area contributed by atoms with Gasteiger partial charge in [-0.3, -0.25) is 0 Å². The highest BCUT2D eigenvalue weighted by Gasteiger charge is 2.70. The lowest BCUT2D eigenvalue weighted by molar-refractivity contribution is -0.343. The van der Waals surface area contributed by atoms with Crippen molar-refractivity contribution in [1.29, 1.82) is 0 Å². The molecule has 0 radical (unpaired) electrons. The van der Waals surface area contributed by atoms with Crippen LogP contribution in [0.15, 0.2) is 35.5 Å². The summed E-state index contributed by atoms with van der Waals surface area (Å²) in [5.74, 6) is 3.04. The molecule has 4 nitrogen and oxygen atoms in total. The second-order valence-corrected chi connectivity index (χ2v) is 13.3. The smallest absolute Gasteiger partial charge is 0.393 e. The Bertz CT molecular complexity index is 1090. The maximum Gasteiger partial charge on any atom is 0.438 e.